The van der Waals surface area contributed by atoms with Gasteiger partial charge in [-0.3, -0.25) is 9.78 Å². The lowest BCUT2D eigenvalue weighted by Crippen LogP contribution is -2.40. The first-order valence-corrected chi connectivity index (χ1v) is 4.66. The SMILES string of the molecule is C.O=C(c1ccccn1)N1CCOCC1. The molecule has 4 nitrogen and oxygen atoms in total. The Kier molecular flexibility index (Phi) is 4.24. The molecule has 0 aromatic carbocycles. The van der Waals surface area contributed by atoms with Gasteiger partial charge in [-0.2, -0.15) is 0 Å². The number of ether oxygens (including phenoxy) is 1. The van der Waals surface area contributed by atoms with Crippen molar-refractivity contribution < 1.29 is 9.53 Å². The van der Waals surface area contributed by atoms with Gasteiger partial charge in [0.15, 0.2) is 0 Å². The van der Waals surface area contributed by atoms with E-state index in [0.717, 1.165) is 0 Å². The predicted molar refractivity (Wildman–Crippen MR) is 57.7 cm³/mol. The van der Waals surface area contributed by atoms with Gasteiger partial charge in [0.2, 0.25) is 0 Å². The first kappa shape index (κ1) is 11.7. The van der Waals surface area contributed by atoms with E-state index >= 15 is 0 Å². The Labute approximate surface area is 89.9 Å². The lowest BCUT2D eigenvalue weighted by Gasteiger charge is -2.26. The van der Waals surface area contributed by atoms with Crippen molar-refractivity contribution in [1.82, 2.24) is 9.88 Å². The van der Waals surface area contributed by atoms with Gasteiger partial charge in [0.05, 0.1) is 13.2 Å². The normalized spacial score (nSPS) is 15.6. The summed E-state index contributed by atoms with van der Waals surface area (Å²) in [6, 6.07) is 5.36. The van der Waals surface area contributed by atoms with Gasteiger partial charge in [-0.1, -0.05) is 13.5 Å². The number of hydrogen-bond donors (Lipinski definition) is 0. The standard InChI is InChI=1S/C10H12N2O2.CH4/c13-10(9-3-1-2-4-11-9)12-5-7-14-8-6-12;/h1-4H,5-8H2;1H4. The quantitative estimate of drug-likeness (QED) is 0.696. The molecule has 0 aliphatic carbocycles. The van der Waals surface area contributed by atoms with Gasteiger partial charge < -0.3 is 9.64 Å². The Morgan fingerprint density at radius 2 is 2.07 bits per heavy atom. The second kappa shape index (κ2) is 5.46. The highest BCUT2D eigenvalue weighted by Crippen LogP contribution is 2.03. The summed E-state index contributed by atoms with van der Waals surface area (Å²) >= 11 is 0. The zero-order chi connectivity index (χ0) is 9.80. The number of hydrogen-bond acceptors (Lipinski definition) is 3. The molecule has 1 aromatic rings. The number of amides is 1. The summed E-state index contributed by atoms with van der Waals surface area (Å²) in [7, 11) is 0. The molecule has 1 aromatic heterocycles. The van der Waals surface area contributed by atoms with Crippen LogP contribution < -0.4 is 0 Å². The van der Waals surface area contributed by atoms with Crippen molar-refractivity contribution in [3.05, 3.63) is 30.1 Å². The van der Waals surface area contributed by atoms with Crippen LogP contribution in [0.1, 0.15) is 17.9 Å². The van der Waals surface area contributed by atoms with E-state index in [1.54, 1.807) is 23.2 Å². The van der Waals surface area contributed by atoms with Gasteiger partial charge in [0, 0.05) is 19.3 Å². The van der Waals surface area contributed by atoms with Gasteiger partial charge >= 0.3 is 0 Å². The van der Waals surface area contributed by atoms with E-state index in [2.05, 4.69) is 4.98 Å². The van der Waals surface area contributed by atoms with E-state index in [1.165, 1.54) is 0 Å². The van der Waals surface area contributed by atoms with Crippen LogP contribution in [0.4, 0.5) is 0 Å². The number of aromatic nitrogens is 1. The molecule has 1 aliphatic heterocycles. The first-order chi connectivity index (χ1) is 6.88. The van der Waals surface area contributed by atoms with E-state index in [-0.39, 0.29) is 13.3 Å². The average Bonchev–Trinajstić information content (AvgIpc) is 2.30. The fourth-order valence-electron chi connectivity index (χ4n) is 1.42. The smallest absolute Gasteiger partial charge is 0.272 e. The molecule has 15 heavy (non-hydrogen) atoms. The Bertz CT molecular complexity index is 308. The summed E-state index contributed by atoms with van der Waals surface area (Å²) < 4.78 is 5.17. The zero-order valence-corrected chi connectivity index (χ0v) is 7.85. The summed E-state index contributed by atoms with van der Waals surface area (Å²) in [5.41, 5.74) is 0.509. The lowest BCUT2D eigenvalue weighted by molar-refractivity contribution is 0.0299. The number of nitrogens with zero attached hydrogens (tertiary/aromatic N) is 2. The lowest BCUT2D eigenvalue weighted by atomic mass is 10.3. The Balaban J connectivity index is 0.00000112. The van der Waals surface area contributed by atoms with Crippen molar-refractivity contribution in [1.29, 1.82) is 0 Å². The Morgan fingerprint density at radius 3 is 2.67 bits per heavy atom. The summed E-state index contributed by atoms with van der Waals surface area (Å²) in [5.74, 6) is -0.00565. The monoisotopic (exact) mass is 208 g/mol. The molecular formula is C11H16N2O2. The van der Waals surface area contributed by atoms with Crippen molar-refractivity contribution in [3.8, 4) is 0 Å². The van der Waals surface area contributed by atoms with E-state index in [1.807, 2.05) is 6.07 Å². The Hall–Kier alpha value is -1.42. The first-order valence-electron chi connectivity index (χ1n) is 4.66. The second-order valence-electron chi connectivity index (χ2n) is 3.12. The minimum Gasteiger partial charge on any atom is -0.378 e. The van der Waals surface area contributed by atoms with Crippen LogP contribution in [0.3, 0.4) is 0 Å². The van der Waals surface area contributed by atoms with Crippen LogP contribution in [0.5, 0.6) is 0 Å². The maximum atomic E-state index is 11.8. The van der Waals surface area contributed by atoms with E-state index < -0.39 is 0 Å². The molecule has 1 amide bonds. The minimum atomic E-state index is -0.00565. The van der Waals surface area contributed by atoms with Gasteiger partial charge in [0.25, 0.3) is 5.91 Å². The van der Waals surface area contributed by atoms with Gasteiger partial charge in [-0.05, 0) is 12.1 Å². The molecule has 1 saturated heterocycles. The van der Waals surface area contributed by atoms with Crippen molar-refractivity contribution in [2.45, 2.75) is 7.43 Å². The van der Waals surface area contributed by atoms with Crippen molar-refractivity contribution in [3.63, 3.8) is 0 Å². The molecule has 0 N–H and O–H groups in total. The fourth-order valence-corrected chi connectivity index (χ4v) is 1.42. The molecule has 0 bridgehead atoms. The van der Waals surface area contributed by atoms with E-state index in [0.29, 0.717) is 32.0 Å². The average molecular weight is 208 g/mol. The number of pyridine rings is 1. The molecule has 82 valence electrons. The van der Waals surface area contributed by atoms with Crippen LogP contribution in [-0.4, -0.2) is 42.1 Å². The molecule has 2 heterocycles. The third-order valence-electron chi connectivity index (χ3n) is 2.18. The highest BCUT2D eigenvalue weighted by atomic mass is 16.5. The summed E-state index contributed by atoms with van der Waals surface area (Å²) in [6.07, 6.45) is 1.63. The van der Waals surface area contributed by atoms with Crippen LogP contribution in [0.25, 0.3) is 0 Å². The number of carbonyl (C=O) groups is 1. The van der Waals surface area contributed by atoms with Gasteiger partial charge in [-0.15, -0.1) is 0 Å². The highest BCUT2D eigenvalue weighted by Gasteiger charge is 2.18. The van der Waals surface area contributed by atoms with Crippen LogP contribution in [0, 0.1) is 0 Å². The molecule has 0 spiro atoms. The van der Waals surface area contributed by atoms with Crippen LogP contribution in [-0.2, 0) is 4.74 Å². The molecule has 0 atom stereocenters. The molecule has 1 aliphatic rings. The fraction of sp³-hybridized carbons (Fsp3) is 0.455. The zero-order valence-electron chi connectivity index (χ0n) is 7.85. The minimum absolute atomic E-state index is 0. The van der Waals surface area contributed by atoms with Crippen LogP contribution in [0.15, 0.2) is 24.4 Å². The number of rotatable bonds is 1. The number of morpholine rings is 1. The molecule has 0 unspecified atom stereocenters. The van der Waals surface area contributed by atoms with Crippen molar-refractivity contribution in [2.75, 3.05) is 26.3 Å². The highest BCUT2D eigenvalue weighted by molar-refractivity contribution is 5.92. The molecule has 1 fully saturated rings. The second-order valence-corrected chi connectivity index (χ2v) is 3.12. The third kappa shape index (κ3) is 2.76. The summed E-state index contributed by atoms with van der Waals surface area (Å²) in [5, 5.41) is 0. The molecule has 4 heteroatoms. The van der Waals surface area contributed by atoms with Crippen molar-refractivity contribution in [2.24, 2.45) is 0 Å². The molecule has 0 radical (unpaired) electrons. The molecule has 0 saturated carbocycles. The van der Waals surface area contributed by atoms with E-state index in [4.69, 9.17) is 4.74 Å². The van der Waals surface area contributed by atoms with E-state index in [9.17, 15) is 4.79 Å². The Morgan fingerprint density at radius 1 is 1.33 bits per heavy atom. The molecule has 2 rings (SSSR count). The summed E-state index contributed by atoms with van der Waals surface area (Å²) in [6.45, 7) is 2.57. The van der Waals surface area contributed by atoms with Gasteiger partial charge in [0.1, 0.15) is 5.69 Å². The predicted octanol–water partition coefficient (Wildman–Crippen LogP) is 1.19. The third-order valence-corrected chi connectivity index (χ3v) is 2.18. The number of carbonyl (C=O) groups excluding carboxylic acids is 1. The largest absolute Gasteiger partial charge is 0.378 e. The maximum Gasteiger partial charge on any atom is 0.272 e. The van der Waals surface area contributed by atoms with Crippen molar-refractivity contribution >= 4 is 5.91 Å². The van der Waals surface area contributed by atoms with Gasteiger partial charge in [-0.25, -0.2) is 0 Å². The van der Waals surface area contributed by atoms with Crippen LogP contribution in [0.2, 0.25) is 0 Å². The summed E-state index contributed by atoms with van der Waals surface area (Å²) in [4.78, 5) is 17.6. The van der Waals surface area contributed by atoms with Crippen LogP contribution >= 0.6 is 0 Å². The topological polar surface area (TPSA) is 42.4 Å². The molecular weight excluding hydrogens is 192 g/mol. The maximum absolute atomic E-state index is 11.8.